The molecule has 63 valence electrons. The zero-order chi connectivity index (χ0) is 8.97. The first-order valence-corrected chi connectivity index (χ1v) is 3.17. The van der Waals surface area contributed by atoms with Crippen LogP contribution in [-0.2, 0) is 4.84 Å². The van der Waals surface area contributed by atoms with Crippen LogP contribution in [0.15, 0.2) is 17.3 Å². The van der Waals surface area contributed by atoms with Crippen molar-refractivity contribution < 1.29 is 13.6 Å². The van der Waals surface area contributed by atoms with E-state index in [0.717, 1.165) is 18.3 Å². The number of halogens is 2. The zero-order valence-electron chi connectivity index (χ0n) is 6.34. The van der Waals surface area contributed by atoms with Crippen molar-refractivity contribution >= 4 is 6.21 Å². The Morgan fingerprint density at radius 1 is 1.58 bits per heavy atom. The lowest BCUT2D eigenvalue weighted by Crippen LogP contribution is -1.90. The topological polar surface area (TPSA) is 21.6 Å². The van der Waals surface area contributed by atoms with Gasteiger partial charge >= 0.3 is 0 Å². The molecule has 1 rings (SSSR count). The first kappa shape index (κ1) is 8.64. The van der Waals surface area contributed by atoms with Crippen LogP contribution in [0.25, 0.3) is 0 Å². The fourth-order valence-corrected chi connectivity index (χ4v) is 0.673. The Labute approximate surface area is 68.5 Å². The minimum absolute atomic E-state index is 0.0110. The third kappa shape index (κ3) is 2.02. The number of hydrogen-bond acceptors (Lipinski definition) is 2. The van der Waals surface area contributed by atoms with Gasteiger partial charge in [0.25, 0.3) is 0 Å². The third-order valence-electron chi connectivity index (χ3n) is 1.18. The fraction of sp³-hybridized carbons (Fsp3) is 0.125. The van der Waals surface area contributed by atoms with E-state index in [2.05, 4.69) is 16.1 Å². The van der Waals surface area contributed by atoms with Crippen LogP contribution in [0.2, 0.25) is 0 Å². The van der Waals surface area contributed by atoms with E-state index in [1.807, 2.05) is 0 Å². The maximum absolute atomic E-state index is 12.7. The molecule has 0 N–H and O–H groups in total. The van der Waals surface area contributed by atoms with Crippen LogP contribution in [0.1, 0.15) is 5.56 Å². The first-order valence-electron chi connectivity index (χ1n) is 3.17. The molecule has 0 saturated carbocycles. The molecule has 1 radical (unpaired) electrons. The largest absolute Gasteiger partial charge is 0.399 e. The molecule has 0 aliphatic rings. The average Bonchev–Trinajstić information content (AvgIpc) is 2.07. The Morgan fingerprint density at radius 2 is 2.33 bits per heavy atom. The third-order valence-corrected chi connectivity index (χ3v) is 1.18. The van der Waals surface area contributed by atoms with Crippen molar-refractivity contribution in [2.45, 2.75) is 0 Å². The molecule has 0 atom stereocenters. The first-order chi connectivity index (χ1) is 5.74. The van der Waals surface area contributed by atoms with Gasteiger partial charge in [0.05, 0.1) is 6.21 Å². The molecule has 0 aromatic heterocycles. The summed E-state index contributed by atoms with van der Waals surface area (Å²) in [4.78, 5) is 4.31. The molecule has 1 aromatic carbocycles. The smallest absolute Gasteiger partial charge is 0.140 e. The second kappa shape index (κ2) is 3.80. The molecule has 0 unspecified atom stereocenters. The molecule has 0 saturated heterocycles. The minimum Gasteiger partial charge on any atom is -0.399 e. The zero-order valence-corrected chi connectivity index (χ0v) is 6.34. The highest BCUT2D eigenvalue weighted by atomic mass is 19.1. The highest BCUT2D eigenvalue weighted by molar-refractivity contribution is 5.79. The Hall–Kier alpha value is -1.45. The van der Waals surface area contributed by atoms with Crippen molar-refractivity contribution in [3.8, 4) is 0 Å². The van der Waals surface area contributed by atoms with Gasteiger partial charge in [-0.25, -0.2) is 8.78 Å². The van der Waals surface area contributed by atoms with Crippen molar-refractivity contribution in [3.05, 3.63) is 35.4 Å². The minimum atomic E-state index is -0.655. The van der Waals surface area contributed by atoms with E-state index in [9.17, 15) is 8.78 Å². The van der Waals surface area contributed by atoms with Gasteiger partial charge in [0.2, 0.25) is 0 Å². The van der Waals surface area contributed by atoms with E-state index in [4.69, 9.17) is 0 Å². The van der Waals surface area contributed by atoms with Crippen LogP contribution in [0.5, 0.6) is 0 Å². The van der Waals surface area contributed by atoms with Gasteiger partial charge in [0, 0.05) is 11.6 Å². The lowest BCUT2D eigenvalue weighted by atomic mass is 10.2. The molecular weight excluding hydrogens is 164 g/mol. The van der Waals surface area contributed by atoms with Gasteiger partial charge in [-0.15, -0.1) is 0 Å². The molecule has 12 heavy (non-hydrogen) atoms. The average molecular weight is 170 g/mol. The van der Waals surface area contributed by atoms with Crippen LogP contribution < -0.4 is 0 Å². The number of hydrogen-bond donors (Lipinski definition) is 0. The van der Waals surface area contributed by atoms with Crippen LogP contribution in [-0.4, -0.2) is 13.3 Å². The Kier molecular flexibility index (Phi) is 2.74. The number of nitrogens with zero attached hydrogens (tertiary/aromatic N) is 1. The van der Waals surface area contributed by atoms with Crippen LogP contribution in [0.3, 0.4) is 0 Å². The van der Waals surface area contributed by atoms with E-state index < -0.39 is 11.6 Å². The van der Waals surface area contributed by atoms with Crippen molar-refractivity contribution in [1.29, 1.82) is 0 Å². The van der Waals surface area contributed by atoms with Gasteiger partial charge in [0.1, 0.15) is 18.7 Å². The Bertz CT molecular complexity index is 299. The lowest BCUT2D eigenvalue weighted by Gasteiger charge is -1.94. The van der Waals surface area contributed by atoms with E-state index in [-0.39, 0.29) is 5.56 Å². The second-order valence-corrected chi connectivity index (χ2v) is 2.00. The quantitative estimate of drug-likeness (QED) is 0.489. The summed E-state index contributed by atoms with van der Waals surface area (Å²) in [7, 11) is 1.32. The molecule has 0 bridgehead atoms. The summed E-state index contributed by atoms with van der Waals surface area (Å²) >= 11 is 0. The SMILES string of the molecule is CO/N=C/c1cc(F)c[c]c1F. The second-order valence-electron chi connectivity index (χ2n) is 2.00. The lowest BCUT2D eigenvalue weighted by molar-refractivity contribution is 0.215. The monoisotopic (exact) mass is 170 g/mol. The van der Waals surface area contributed by atoms with Gasteiger partial charge in [-0.1, -0.05) is 5.16 Å². The highest BCUT2D eigenvalue weighted by Crippen LogP contribution is 2.06. The van der Waals surface area contributed by atoms with Gasteiger partial charge in [-0.3, -0.25) is 0 Å². The maximum Gasteiger partial charge on any atom is 0.140 e. The summed E-state index contributed by atoms with van der Waals surface area (Å²) in [5.74, 6) is -1.22. The molecule has 0 spiro atoms. The van der Waals surface area contributed by atoms with Gasteiger partial charge in [-0.05, 0) is 12.1 Å². The van der Waals surface area contributed by atoms with Crippen molar-refractivity contribution in [2.24, 2.45) is 5.16 Å². The summed E-state index contributed by atoms with van der Waals surface area (Å²) in [5.41, 5.74) is 0.0110. The van der Waals surface area contributed by atoms with Crippen LogP contribution in [0.4, 0.5) is 8.78 Å². The molecule has 2 nitrogen and oxygen atoms in total. The maximum atomic E-state index is 12.7. The van der Waals surface area contributed by atoms with Gasteiger partial charge in [0.15, 0.2) is 0 Å². The van der Waals surface area contributed by atoms with E-state index in [1.165, 1.54) is 7.11 Å². The molecule has 4 heteroatoms. The molecule has 0 aliphatic heterocycles. The normalized spacial score (nSPS) is 10.6. The predicted octanol–water partition coefficient (Wildman–Crippen LogP) is 1.75. The Morgan fingerprint density at radius 3 is 3.00 bits per heavy atom. The summed E-state index contributed by atoms with van der Waals surface area (Å²) in [6.45, 7) is 0. The van der Waals surface area contributed by atoms with Crippen molar-refractivity contribution in [3.63, 3.8) is 0 Å². The molecule has 0 aliphatic carbocycles. The van der Waals surface area contributed by atoms with E-state index in [1.54, 1.807) is 0 Å². The standard InChI is InChI=1S/C8H6F2NO/c1-12-11-5-6-4-7(9)2-3-8(6)10/h2,4-5H,1H3/b11-5+. The van der Waals surface area contributed by atoms with E-state index in [0.29, 0.717) is 0 Å². The number of oxime groups is 1. The fourth-order valence-electron chi connectivity index (χ4n) is 0.673. The molecular formula is C8H6F2NO. The number of benzene rings is 1. The van der Waals surface area contributed by atoms with Crippen LogP contribution >= 0.6 is 0 Å². The van der Waals surface area contributed by atoms with E-state index >= 15 is 0 Å². The molecule has 0 heterocycles. The summed E-state index contributed by atoms with van der Waals surface area (Å²) < 4.78 is 25.2. The van der Waals surface area contributed by atoms with Gasteiger partial charge < -0.3 is 4.84 Å². The summed E-state index contributed by atoms with van der Waals surface area (Å²) in [6, 6.07) is 4.01. The summed E-state index contributed by atoms with van der Waals surface area (Å²) in [5, 5.41) is 3.29. The molecule has 1 aromatic rings. The predicted molar refractivity (Wildman–Crippen MR) is 39.8 cm³/mol. The molecule has 0 fully saturated rings. The van der Waals surface area contributed by atoms with Crippen molar-refractivity contribution in [2.75, 3.05) is 7.11 Å². The van der Waals surface area contributed by atoms with Crippen molar-refractivity contribution in [1.82, 2.24) is 0 Å². The van der Waals surface area contributed by atoms with Crippen LogP contribution in [0, 0.1) is 17.7 Å². The Balaban J connectivity index is 2.97. The highest BCUT2D eigenvalue weighted by Gasteiger charge is 2.00. The van der Waals surface area contributed by atoms with Gasteiger partial charge in [-0.2, -0.15) is 0 Å². The number of rotatable bonds is 2. The summed E-state index contributed by atoms with van der Waals surface area (Å²) in [6.07, 6.45) is 1.08. The molecule has 0 amide bonds.